The van der Waals surface area contributed by atoms with E-state index in [0.717, 1.165) is 13.1 Å². The number of nitrogens with zero attached hydrogens (tertiary/aromatic N) is 2. The Kier molecular flexibility index (Phi) is 2.76. The van der Waals surface area contributed by atoms with Crippen molar-refractivity contribution in [3.05, 3.63) is 0 Å². The highest BCUT2D eigenvalue weighted by Crippen LogP contribution is 2.47. The Morgan fingerprint density at radius 1 is 1.44 bits per heavy atom. The van der Waals surface area contributed by atoms with Crippen molar-refractivity contribution < 1.29 is 9.53 Å². The summed E-state index contributed by atoms with van der Waals surface area (Å²) in [5, 5.41) is 2.41. The van der Waals surface area contributed by atoms with Crippen LogP contribution < -0.4 is 0 Å². The Morgan fingerprint density at radius 3 is 2.44 bits per heavy atom. The molecular formula is C11H16N2O2S. The zero-order valence-electron chi connectivity index (χ0n) is 9.77. The lowest BCUT2D eigenvalue weighted by molar-refractivity contribution is 0.0272. The molecule has 2 fully saturated rings. The van der Waals surface area contributed by atoms with Crippen molar-refractivity contribution in [3.8, 4) is 0 Å². The van der Waals surface area contributed by atoms with Crippen molar-refractivity contribution >= 4 is 23.5 Å². The molecule has 0 spiro atoms. The summed E-state index contributed by atoms with van der Waals surface area (Å²) in [4.78, 5) is 17.6. The van der Waals surface area contributed by atoms with Gasteiger partial charge in [-0.2, -0.15) is 0 Å². The molecule has 1 saturated carbocycles. The molecule has 1 saturated heterocycles. The molecular weight excluding hydrogens is 224 g/mol. The summed E-state index contributed by atoms with van der Waals surface area (Å²) in [5.41, 5.74) is -0.421. The Labute approximate surface area is 101 Å². The molecule has 4 nitrogen and oxygen atoms in total. The van der Waals surface area contributed by atoms with Crippen LogP contribution in [-0.4, -0.2) is 40.9 Å². The number of piperidine rings is 1. The normalized spacial score (nSPS) is 31.7. The molecule has 1 amide bonds. The number of carbonyl (C=O) groups excluding carboxylic acids is 1. The van der Waals surface area contributed by atoms with Crippen LogP contribution in [0.5, 0.6) is 0 Å². The lowest BCUT2D eigenvalue weighted by Crippen LogP contribution is -2.37. The van der Waals surface area contributed by atoms with E-state index in [1.807, 2.05) is 20.8 Å². The van der Waals surface area contributed by atoms with Crippen LogP contribution in [0.1, 0.15) is 20.8 Å². The van der Waals surface area contributed by atoms with Crippen molar-refractivity contribution in [2.24, 2.45) is 16.8 Å². The van der Waals surface area contributed by atoms with Crippen LogP contribution in [0.2, 0.25) is 0 Å². The second kappa shape index (κ2) is 3.82. The third-order valence-corrected chi connectivity index (χ3v) is 3.11. The second-order valence-electron chi connectivity index (χ2n) is 5.42. The molecule has 0 aromatic heterocycles. The molecule has 0 N–H and O–H groups in total. The number of isothiocyanates is 1. The van der Waals surface area contributed by atoms with Gasteiger partial charge in [0.05, 0.1) is 11.2 Å². The smallest absolute Gasteiger partial charge is 0.410 e. The lowest BCUT2D eigenvalue weighted by Gasteiger charge is -2.25. The number of ether oxygens (including phenoxy) is 1. The largest absolute Gasteiger partial charge is 0.444 e. The van der Waals surface area contributed by atoms with Gasteiger partial charge in [0.15, 0.2) is 0 Å². The van der Waals surface area contributed by atoms with E-state index in [1.165, 1.54) is 0 Å². The van der Waals surface area contributed by atoms with Crippen molar-refractivity contribution in [1.29, 1.82) is 0 Å². The van der Waals surface area contributed by atoms with Crippen LogP contribution in [0, 0.1) is 11.8 Å². The number of carbonyl (C=O) groups is 1. The zero-order valence-corrected chi connectivity index (χ0v) is 10.6. The highest BCUT2D eigenvalue weighted by atomic mass is 32.1. The van der Waals surface area contributed by atoms with E-state index < -0.39 is 5.60 Å². The van der Waals surface area contributed by atoms with E-state index in [-0.39, 0.29) is 6.09 Å². The molecule has 5 heteroatoms. The Morgan fingerprint density at radius 2 is 2.00 bits per heavy atom. The van der Waals surface area contributed by atoms with Gasteiger partial charge in [0.2, 0.25) is 0 Å². The minimum Gasteiger partial charge on any atom is -0.444 e. The SMILES string of the molecule is CC(C)(C)OC(=O)N1CC2C(C1)C2N=C=S. The summed E-state index contributed by atoms with van der Waals surface area (Å²) in [6, 6.07) is 0.302. The summed E-state index contributed by atoms with van der Waals surface area (Å²) in [6.07, 6.45) is -0.218. The van der Waals surface area contributed by atoms with Crippen molar-refractivity contribution in [2.45, 2.75) is 32.4 Å². The fraction of sp³-hybridized carbons (Fsp3) is 0.818. The van der Waals surface area contributed by atoms with Gasteiger partial charge < -0.3 is 9.64 Å². The molecule has 0 aromatic carbocycles. The van der Waals surface area contributed by atoms with Crippen molar-refractivity contribution in [2.75, 3.05) is 13.1 Å². The summed E-state index contributed by atoms with van der Waals surface area (Å²) in [6.45, 7) is 7.11. The van der Waals surface area contributed by atoms with E-state index in [4.69, 9.17) is 4.74 Å². The Hall–Kier alpha value is -0.930. The van der Waals surface area contributed by atoms with Gasteiger partial charge in [-0.15, -0.1) is 0 Å². The predicted octanol–water partition coefficient (Wildman–Crippen LogP) is 1.95. The first-order chi connectivity index (χ1) is 7.42. The first-order valence-corrected chi connectivity index (χ1v) is 5.88. The first-order valence-electron chi connectivity index (χ1n) is 5.47. The molecule has 16 heavy (non-hydrogen) atoms. The molecule has 2 rings (SSSR count). The highest BCUT2D eigenvalue weighted by Gasteiger charge is 2.57. The average molecular weight is 240 g/mol. The van der Waals surface area contributed by atoms with Gasteiger partial charge in [0, 0.05) is 24.9 Å². The van der Waals surface area contributed by atoms with Crippen LogP contribution in [0.3, 0.4) is 0 Å². The maximum atomic E-state index is 11.7. The minimum absolute atomic E-state index is 0.218. The quantitative estimate of drug-likeness (QED) is 0.519. The molecule has 1 aliphatic carbocycles. The van der Waals surface area contributed by atoms with E-state index in [2.05, 4.69) is 22.4 Å². The molecule has 0 aromatic rings. The van der Waals surface area contributed by atoms with Gasteiger partial charge in [-0.1, -0.05) is 0 Å². The summed E-state index contributed by atoms with van der Waals surface area (Å²) >= 11 is 4.58. The van der Waals surface area contributed by atoms with E-state index in [9.17, 15) is 4.79 Å². The Bertz CT molecular complexity index is 345. The second-order valence-corrected chi connectivity index (χ2v) is 5.61. The number of rotatable bonds is 1. The monoisotopic (exact) mass is 240 g/mol. The minimum atomic E-state index is -0.421. The van der Waals surface area contributed by atoms with Gasteiger partial charge in [-0.05, 0) is 33.0 Å². The van der Waals surface area contributed by atoms with Crippen molar-refractivity contribution in [1.82, 2.24) is 4.90 Å². The number of likely N-dealkylation sites (tertiary alicyclic amines) is 1. The van der Waals surface area contributed by atoms with Crippen LogP contribution in [0.25, 0.3) is 0 Å². The predicted molar refractivity (Wildman–Crippen MR) is 63.6 cm³/mol. The lowest BCUT2D eigenvalue weighted by atomic mass is 10.2. The van der Waals surface area contributed by atoms with Crippen molar-refractivity contribution in [3.63, 3.8) is 0 Å². The number of hydrogen-bond acceptors (Lipinski definition) is 4. The number of aliphatic imine (C=N–C) groups is 1. The Balaban J connectivity index is 1.84. The summed E-state index contributed by atoms with van der Waals surface area (Å²) in [5.74, 6) is 0.950. The van der Waals surface area contributed by atoms with E-state index in [1.54, 1.807) is 4.90 Å². The molecule has 0 bridgehead atoms. The zero-order chi connectivity index (χ0) is 11.9. The van der Waals surface area contributed by atoms with Crippen LogP contribution in [0.4, 0.5) is 4.79 Å². The van der Waals surface area contributed by atoms with E-state index >= 15 is 0 Å². The number of fused-ring (bicyclic) bond motifs is 1. The maximum Gasteiger partial charge on any atom is 0.410 e. The number of thiocarbonyl (C=S) groups is 1. The van der Waals surface area contributed by atoms with Gasteiger partial charge in [-0.3, -0.25) is 0 Å². The third kappa shape index (κ3) is 2.25. The fourth-order valence-electron chi connectivity index (χ4n) is 2.22. The number of amides is 1. The molecule has 0 radical (unpaired) electrons. The third-order valence-electron chi connectivity index (χ3n) is 3.00. The van der Waals surface area contributed by atoms with Crippen LogP contribution >= 0.6 is 12.2 Å². The van der Waals surface area contributed by atoms with Gasteiger partial charge in [-0.25, -0.2) is 9.79 Å². The molecule has 1 heterocycles. The molecule has 1 aliphatic heterocycles. The first kappa shape index (κ1) is 11.6. The molecule has 2 atom stereocenters. The topological polar surface area (TPSA) is 41.9 Å². The van der Waals surface area contributed by atoms with Gasteiger partial charge in [0.1, 0.15) is 5.60 Å². The van der Waals surface area contributed by atoms with Gasteiger partial charge >= 0.3 is 6.09 Å². The maximum absolute atomic E-state index is 11.7. The highest BCUT2D eigenvalue weighted by molar-refractivity contribution is 7.78. The summed E-state index contributed by atoms with van der Waals surface area (Å²) in [7, 11) is 0. The van der Waals surface area contributed by atoms with E-state index in [0.29, 0.717) is 17.9 Å². The molecule has 2 aliphatic rings. The molecule has 88 valence electrons. The van der Waals surface area contributed by atoms with Crippen LogP contribution in [-0.2, 0) is 4.74 Å². The number of hydrogen-bond donors (Lipinski definition) is 0. The van der Waals surface area contributed by atoms with Gasteiger partial charge in [0.25, 0.3) is 0 Å². The standard InChI is InChI=1S/C11H16N2O2S/c1-11(2,3)15-10(14)13-4-7-8(5-13)9(7)12-6-16/h7-9H,4-5H2,1-3H3. The average Bonchev–Trinajstić information content (AvgIpc) is 2.60. The molecule has 2 unspecified atom stereocenters. The summed E-state index contributed by atoms with van der Waals surface area (Å²) < 4.78 is 5.31. The fourth-order valence-corrected chi connectivity index (χ4v) is 2.34. The van der Waals surface area contributed by atoms with Crippen LogP contribution in [0.15, 0.2) is 4.99 Å².